The molecule has 0 spiro atoms. The first-order valence-electron chi connectivity index (χ1n) is 7.32. The van der Waals surface area contributed by atoms with Gasteiger partial charge in [-0.05, 0) is 37.4 Å². The predicted octanol–water partition coefficient (Wildman–Crippen LogP) is 3.47. The molecule has 2 aromatic rings. The predicted molar refractivity (Wildman–Crippen MR) is 77.9 cm³/mol. The summed E-state index contributed by atoms with van der Waals surface area (Å²) in [5.74, 6) is 0.967. The monoisotopic (exact) mass is 255 g/mol. The highest BCUT2D eigenvalue weighted by Crippen LogP contribution is 2.35. The maximum atomic E-state index is 4.77. The Bertz CT molecular complexity index is 548. The lowest BCUT2D eigenvalue weighted by Gasteiger charge is -2.17. The number of benzene rings is 1. The van der Waals surface area contributed by atoms with Crippen LogP contribution in [0.3, 0.4) is 0 Å². The van der Waals surface area contributed by atoms with Gasteiger partial charge in [-0.15, -0.1) is 0 Å². The minimum Gasteiger partial charge on any atom is -0.309 e. The van der Waals surface area contributed by atoms with Gasteiger partial charge in [-0.2, -0.15) is 0 Å². The van der Waals surface area contributed by atoms with Crippen LogP contribution in [-0.4, -0.2) is 16.5 Å². The Kier molecular flexibility index (Phi) is 3.74. The number of para-hydroxylation sites is 2. The van der Waals surface area contributed by atoms with E-state index in [1.54, 1.807) is 0 Å². The summed E-state index contributed by atoms with van der Waals surface area (Å²) in [6.45, 7) is 3.13. The largest absolute Gasteiger partial charge is 0.309 e. The molecule has 100 valence electrons. The van der Waals surface area contributed by atoms with E-state index >= 15 is 0 Å². The number of aromatic nitrogens is 2. The van der Waals surface area contributed by atoms with Crippen LogP contribution in [0.2, 0.25) is 0 Å². The third kappa shape index (κ3) is 3.10. The molecule has 1 N–H and O–H groups in total. The summed E-state index contributed by atoms with van der Waals surface area (Å²) >= 11 is 0. The lowest BCUT2D eigenvalue weighted by atomic mass is 10.1. The molecule has 1 aromatic heterocycles. The van der Waals surface area contributed by atoms with Gasteiger partial charge in [0.2, 0.25) is 0 Å². The van der Waals surface area contributed by atoms with E-state index in [-0.39, 0.29) is 0 Å². The quantitative estimate of drug-likeness (QED) is 0.859. The number of nitrogens with one attached hydrogen (secondary N) is 1. The molecule has 1 unspecified atom stereocenters. The first-order chi connectivity index (χ1) is 9.36. The summed E-state index contributed by atoms with van der Waals surface area (Å²) in [7, 11) is 0. The Morgan fingerprint density at radius 1 is 1.26 bits per heavy atom. The van der Waals surface area contributed by atoms with E-state index in [9.17, 15) is 0 Å². The molecule has 19 heavy (non-hydrogen) atoms. The van der Waals surface area contributed by atoms with Crippen molar-refractivity contribution >= 4 is 11.0 Å². The molecule has 0 saturated heterocycles. The zero-order valence-electron chi connectivity index (χ0n) is 11.5. The van der Waals surface area contributed by atoms with Crippen LogP contribution in [0.4, 0.5) is 0 Å². The van der Waals surface area contributed by atoms with Gasteiger partial charge < -0.3 is 5.32 Å². The minimum atomic E-state index is 0.350. The van der Waals surface area contributed by atoms with Crippen molar-refractivity contribution in [1.29, 1.82) is 0 Å². The maximum absolute atomic E-state index is 4.77. The van der Waals surface area contributed by atoms with Crippen molar-refractivity contribution in [2.24, 2.45) is 5.92 Å². The summed E-state index contributed by atoms with van der Waals surface area (Å²) in [5, 5.41) is 3.54. The lowest BCUT2D eigenvalue weighted by Crippen LogP contribution is -2.22. The molecule has 1 saturated carbocycles. The molecule has 1 atom stereocenters. The Labute approximate surface area is 114 Å². The van der Waals surface area contributed by atoms with E-state index in [4.69, 9.17) is 4.98 Å². The van der Waals surface area contributed by atoms with Gasteiger partial charge >= 0.3 is 0 Å². The summed E-state index contributed by atoms with van der Waals surface area (Å²) < 4.78 is 0. The summed E-state index contributed by atoms with van der Waals surface area (Å²) in [6.07, 6.45) is 7.25. The molecule has 1 aromatic carbocycles. The van der Waals surface area contributed by atoms with E-state index in [0.717, 1.165) is 29.2 Å². The van der Waals surface area contributed by atoms with Crippen molar-refractivity contribution in [3.05, 3.63) is 36.2 Å². The Morgan fingerprint density at radius 3 is 2.79 bits per heavy atom. The van der Waals surface area contributed by atoms with Gasteiger partial charge in [0.25, 0.3) is 0 Å². The lowest BCUT2D eigenvalue weighted by molar-refractivity contribution is 0.472. The molecule has 0 bridgehead atoms. The van der Waals surface area contributed by atoms with Crippen molar-refractivity contribution in [3.8, 4) is 0 Å². The van der Waals surface area contributed by atoms with Gasteiger partial charge in [-0.3, -0.25) is 4.98 Å². The summed E-state index contributed by atoms with van der Waals surface area (Å²) in [5.41, 5.74) is 3.05. The van der Waals surface area contributed by atoms with Gasteiger partial charge in [-0.1, -0.05) is 31.9 Å². The third-order valence-corrected chi connectivity index (χ3v) is 3.84. The van der Waals surface area contributed by atoms with E-state index in [0.29, 0.717) is 6.04 Å². The first kappa shape index (κ1) is 12.5. The molecule has 0 amide bonds. The minimum absolute atomic E-state index is 0.350. The second-order valence-electron chi connectivity index (χ2n) is 5.41. The van der Waals surface area contributed by atoms with Crippen LogP contribution < -0.4 is 5.32 Å². The molecule has 0 aliphatic heterocycles. The average molecular weight is 255 g/mol. The Hall–Kier alpha value is -1.48. The number of hydrogen-bond acceptors (Lipinski definition) is 3. The summed E-state index contributed by atoms with van der Waals surface area (Å²) in [6, 6.07) is 8.43. The first-order valence-corrected chi connectivity index (χ1v) is 7.32. The van der Waals surface area contributed by atoms with Crippen LogP contribution in [-0.2, 0) is 0 Å². The Balaban J connectivity index is 1.80. The van der Waals surface area contributed by atoms with E-state index in [1.807, 2.05) is 30.5 Å². The van der Waals surface area contributed by atoms with Gasteiger partial charge in [-0.25, -0.2) is 4.98 Å². The molecule has 3 heteroatoms. The average Bonchev–Trinajstić information content (AvgIpc) is 3.27. The summed E-state index contributed by atoms with van der Waals surface area (Å²) in [4.78, 5) is 9.29. The number of rotatable bonds is 6. The normalized spacial score (nSPS) is 16.7. The standard InChI is InChI=1S/C16H21N3/c1-2-17-14(10-9-12-7-8-12)16-11-18-13-5-3-4-6-15(13)19-16/h3-6,11-12,14,17H,2,7-10H2,1H3. The molecular weight excluding hydrogens is 234 g/mol. The van der Waals surface area contributed by atoms with E-state index in [1.165, 1.54) is 25.7 Å². The van der Waals surface area contributed by atoms with E-state index < -0.39 is 0 Å². The van der Waals surface area contributed by atoms with Crippen molar-refractivity contribution in [3.63, 3.8) is 0 Å². The molecule has 0 radical (unpaired) electrons. The zero-order chi connectivity index (χ0) is 13.1. The molecule has 1 fully saturated rings. The SMILES string of the molecule is CCNC(CCC1CC1)c1cnc2ccccc2n1. The van der Waals surface area contributed by atoms with Crippen LogP contribution in [0, 0.1) is 5.92 Å². The number of fused-ring (bicyclic) bond motifs is 1. The number of nitrogens with zero attached hydrogens (tertiary/aromatic N) is 2. The highest BCUT2D eigenvalue weighted by Gasteiger charge is 2.23. The molecule has 3 rings (SSSR count). The van der Waals surface area contributed by atoms with Gasteiger partial charge in [0.05, 0.1) is 29.0 Å². The van der Waals surface area contributed by atoms with Crippen LogP contribution in [0.25, 0.3) is 11.0 Å². The zero-order valence-corrected chi connectivity index (χ0v) is 11.5. The molecule has 3 nitrogen and oxygen atoms in total. The number of hydrogen-bond donors (Lipinski definition) is 1. The fraction of sp³-hybridized carbons (Fsp3) is 0.500. The molecule has 1 heterocycles. The molecule has 1 aliphatic carbocycles. The van der Waals surface area contributed by atoms with E-state index in [2.05, 4.69) is 17.2 Å². The van der Waals surface area contributed by atoms with Crippen LogP contribution in [0.1, 0.15) is 44.3 Å². The molecule has 1 aliphatic rings. The third-order valence-electron chi connectivity index (χ3n) is 3.84. The fourth-order valence-corrected chi connectivity index (χ4v) is 2.55. The second kappa shape index (κ2) is 5.66. The van der Waals surface area contributed by atoms with Gasteiger partial charge in [0.15, 0.2) is 0 Å². The van der Waals surface area contributed by atoms with Crippen LogP contribution >= 0.6 is 0 Å². The smallest absolute Gasteiger partial charge is 0.0890 e. The van der Waals surface area contributed by atoms with Crippen LogP contribution in [0.15, 0.2) is 30.5 Å². The fourth-order valence-electron chi connectivity index (χ4n) is 2.55. The van der Waals surface area contributed by atoms with Gasteiger partial charge in [0.1, 0.15) is 0 Å². The highest BCUT2D eigenvalue weighted by molar-refractivity contribution is 5.73. The maximum Gasteiger partial charge on any atom is 0.0890 e. The van der Waals surface area contributed by atoms with Crippen molar-refractivity contribution < 1.29 is 0 Å². The second-order valence-corrected chi connectivity index (χ2v) is 5.41. The van der Waals surface area contributed by atoms with Crippen molar-refractivity contribution in [2.75, 3.05) is 6.54 Å². The van der Waals surface area contributed by atoms with Crippen LogP contribution in [0.5, 0.6) is 0 Å². The van der Waals surface area contributed by atoms with Gasteiger partial charge in [0, 0.05) is 0 Å². The Morgan fingerprint density at radius 2 is 2.05 bits per heavy atom. The molecular formula is C16H21N3. The highest BCUT2D eigenvalue weighted by atomic mass is 14.9. The topological polar surface area (TPSA) is 37.8 Å². The van der Waals surface area contributed by atoms with Crippen molar-refractivity contribution in [1.82, 2.24) is 15.3 Å². The van der Waals surface area contributed by atoms with Crippen molar-refractivity contribution in [2.45, 2.75) is 38.6 Å².